The first-order valence-electron chi connectivity index (χ1n) is 8.14. The highest BCUT2D eigenvalue weighted by Gasteiger charge is 2.58. The van der Waals surface area contributed by atoms with Gasteiger partial charge in [0.15, 0.2) is 0 Å². The van der Waals surface area contributed by atoms with E-state index in [1.807, 2.05) is 6.07 Å². The number of halogens is 1. The van der Waals surface area contributed by atoms with E-state index in [2.05, 4.69) is 13.0 Å². The lowest BCUT2D eigenvalue weighted by Crippen LogP contribution is -2.44. The Morgan fingerprint density at radius 2 is 2.10 bits per heavy atom. The van der Waals surface area contributed by atoms with E-state index in [1.54, 1.807) is 6.07 Å². The van der Waals surface area contributed by atoms with Crippen molar-refractivity contribution in [3.63, 3.8) is 0 Å². The molecule has 1 unspecified atom stereocenters. The van der Waals surface area contributed by atoms with E-state index in [1.165, 1.54) is 11.1 Å². The molecule has 0 bridgehead atoms. The van der Waals surface area contributed by atoms with E-state index in [-0.39, 0.29) is 5.41 Å². The Morgan fingerprint density at radius 1 is 1.29 bits per heavy atom. The van der Waals surface area contributed by atoms with E-state index in [0.717, 1.165) is 25.7 Å². The van der Waals surface area contributed by atoms with Gasteiger partial charge in [-0.3, -0.25) is 0 Å². The molecule has 0 spiro atoms. The van der Waals surface area contributed by atoms with Crippen molar-refractivity contribution in [1.82, 2.24) is 0 Å². The van der Waals surface area contributed by atoms with Gasteiger partial charge in [0.1, 0.15) is 11.9 Å². The predicted octanol–water partition coefficient (Wildman–Crippen LogP) is 3.56. The number of fused-ring (bicyclic) bond motifs is 5. The predicted molar refractivity (Wildman–Crippen MR) is 79.0 cm³/mol. The summed E-state index contributed by atoms with van der Waals surface area (Å²) < 4.78 is 14.1. The van der Waals surface area contributed by atoms with Crippen LogP contribution in [-0.2, 0) is 6.42 Å². The minimum atomic E-state index is -1.06. The Kier molecular flexibility index (Phi) is 2.88. The van der Waals surface area contributed by atoms with Gasteiger partial charge in [0.05, 0.1) is 6.10 Å². The third-order valence-corrected chi connectivity index (χ3v) is 6.65. The largest absolute Gasteiger partial charge is 0.508 e. The van der Waals surface area contributed by atoms with E-state index in [4.69, 9.17) is 0 Å². The Morgan fingerprint density at radius 3 is 2.90 bits per heavy atom. The summed E-state index contributed by atoms with van der Waals surface area (Å²) >= 11 is 0. The summed E-state index contributed by atoms with van der Waals surface area (Å²) in [5.74, 6) is 1.59. The van der Waals surface area contributed by atoms with Gasteiger partial charge in [0.2, 0.25) is 0 Å². The molecular formula is C18H23FO2. The van der Waals surface area contributed by atoms with Crippen molar-refractivity contribution in [3.8, 4) is 5.75 Å². The maximum atomic E-state index is 14.1. The lowest BCUT2D eigenvalue weighted by Gasteiger charge is -2.49. The second-order valence-electron chi connectivity index (χ2n) is 7.54. The third kappa shape index (κ3) is 1.79. The fourth-order valence-electron chi connectivity index (χ4n) is 5.51. The first kappa shape index (κ1) is 13.6. The first-order valence-corrected chi connectivity index (χ1v) is 8.14. The lowest BCUT2D eigenvalue weighted by molar-refractivity contribution is -0.0365. The topological polar surface area (TPSA) is 40.5 Å². The Labute approximate surface area is 125 Å². The molecule has 0 saturated heterocycles. The molecule has 3 aliphatic rings. The van der Waals surface area contributed by atoms with Crippen LogP contribution in [0.5, 0.6) is 5.75 Å². The Balaban J connectivity index is 1.71. The van der Waals surface area contributed by atoms with Crippen molar-refractivity contribution in [2.45, 2.75) is 57.2 Å². The van der Waals surface area contributed by atoms with Gasteiger partial charge < -0.3 is 10.2 Å². The number of aliphatic hydroxyl groups is 1. The Bertz CT molecular complexity index is 572. The van der Waals surface area contributed by atoms with Crippen LogP contribution in [0.2, 0.25) is 0 Å². The molecule has 2 saturated carbocycles. The summed E-state index contributed by atoms with van der Waals surface area (Å²) in [5, 5.41) is 19.9. The maximum absolute atomic E-state index is 14.1. The van der Waals surface area contributed by atoms with Crippen LogP contribution >= 0.6 is 0 Å². The number of aromatic hydroxyl groups is 1. The average molecular weight is 290 g/mol. The van der Waals surface area contributed by atoms with Gasteiger partial charge in [-0.25, -0.2) is 4.39 Å². The van der Waals surface area contributed by atoms with Crippen LogP contribution in [0.25, 0.3) is 0 Å². The molecule has 6 atom stereocenters. The summed E-state index contributed by atoms with van der Waals surface area (Å²) in [4.78, 5) is 0. The molecule has 3 aliphatic carbocycles. The first-order chi connectivity index (χ1) is 10.0. The lowest BCUT2D eigenvalue weighted by atomic mass is 9.55. The van der Waals surface area contributed by atoms with Gasteiger partial charge in [-0.05, 0) is 78.5 Å². The summed E-state index contributed by atoms with van der Waals surface area (Å²) in [7, 11) is 0. The monoisotopic (exact) mass is 290 g/mol. The van der Waals surface area contributed by atoms with Gasteiger partial charge in [-0.15, -0.1) is 0 Å². The molecule has 0 radical (unpaired) electrons. The SMILES string of the molecule is C[C@]12CC[C@@H]3c4ccc(O)cc4CC[C@H]3[C@@H]1CC(F)[C@H]2O. The molecule has 0 aromatic heterocycles. The zero-order chi connectivity index (χ0) is 14.8. The van der Waals surface area contributed by atoms with Crippen LogP contribution in [0.15, 0.2) is 18.2 Å². The summed E-state index contributed by atoms with van der Waals surface area (Å²) in [5.41, 5.74) is 2.37. The fraction of sp³-hybridized carbons (Fsp3) is 0.667. The molecule has 2 fully saturated rings. The third-order valence-electron chi connectivity index (χ3n) is 6.65. The van der Waals surface area contributed by atoms with Gasteiger partial charge in [-0.2, -0.15) is 0 Å². The van der Waals surface area contributed by atoms with Crippen LogP contribution in [0.4, 0.5) is 4.39 Å². The van der Waals surface area contributed by atoms with Gasteiger partial charge in [0.25, 0.3) is 0 Å². The number of alkyl halides is 1. The molecule has 2 nitrogen and oxygen atoms in total. The van der Waals surface area contributed by atoms with Crippen LogP contribution in [0.1, 0.15) is 49.7 Å². The summed E-state index contributed by atoms with van der Waals surface area (Å²) in [6.45, 7) is 2.09. The van der Waals surface area contributed by atoms with Crippen molar-refractivity contribution in [3.05, 3.63) is 29.3 Å². The molecule has 114 valence electrons. The number of rotatable bonds is 0. The molecule has 0 aliphatic heterocycles. The number of hydrogen-bond acceptors (Lipinski definition) is 2. The summed E-state index contributed by atoms with van der Waals surface area (Å²) in [6, 6.07) is 5.72. The molecule has 0 amide bonds. The number of hydrogen-bond donors (Lipinski definition) is 2. The standard InChI is InChI=1S/C18H23FO2/c1-18-7-6-13-12-5-3-11(20)8-10(12)2-4-14(13)15(18)9-16(19)17(18)21/h3,5,8,13-17,20-21H,2,4,6-7,9H2,1H3/t13-,14-,15+,16?,17-,18+/m1/s1. The molecular weight excluding hydrogens is 267 g/mol. The van der Waals surface area contributed by atoms with Crippen LogP contribution in [0, 0.1) is 17.3 Å². The zero-order valence-corrected chi connectivity index (χ0v) is 12.4. The summed E-state index contributed by atoms with van der Waals surface area (Å²) in [6.07, 6.45) is 2.63. The number of phenolic OH excluding ortho intramolecular Hbond substituents is 1. The van der Waals surface area contributed by atoms with Gasteiger partial charge in [-0.1, -0.05) is 13.0 Å². The number of phenols is 1. The van der Waals surface area contributed by atoms with Gasteiger partial charge in [0, 0.05) is 0 Å². The smallest absolute Gasteiger partial charge is 0.127 e. The molecule has 3 heteroatoms. The highest BCUT2D eigenvalue weighted by atomic mass is 19.1. The van der Waals surface area contributed by atoms with Crippen molar-refractivity contribution >= 4 is 0 Å². The van der Waals surface area contributed by atoms with E-state index >= 15 is 0 Å². The van der Waals surface area contributed by atoms with Crippen LogP contribution in [-0.4, -0.2) is 22.5 Å². The number of benzene rings is 1. The Hall–Kier alpha value is -1.09. The average Bonchev–Trinajstić information content (AvgIpc) is 2.70. The van der Waals surface area contributed by atoms with Crippen molar-refractivity contribution in [2.75, 3.05) is 0 Å². The normalized spacial score (nSPS) is 44.8. The minimum absolute atomic E-state index is 0.241. The molecule has 0 heterocycles. The van der Waals surface area contributed by atoms with Crippen molar-refractivity contribution in [1.29, 1.82) is 0 Å². The highest BCUT2D eigenvalue weighted by Crippen LogP contribution is 2.61. The zero-order valence-electron chi connectivity index (χ0n) is 12.4. The second-order valence-corrected chi connectivity index (χ2v) is 7.54. The van der Waals surface area contributed by atoms with Crippen molar-refractivity contribution in [2.24, 2.45) is 17.3 Å². The van der Waals surface area contributed by atoms with E-state index in [9.17, 15) is 14.6 Å². The molecule has 1 aromatic rings. The molecule has 21 heavy (non-hydrogen) atoms. The maximum Gasteiger partial charge on any atom is 0.127 e. The van der Waals surface area contributed by atoms with E-state index < -0.39 is 12.3 Å². The van der Waals surface area contributed by atoms with E-state index in [0.29, 0.717) is 29.9 Å². The molecule has 2 N–H and O–H groups in total. The minimum Gasteiger partial charge on any atom is -0.508 e. The van der Waals surface area contributed by atoms with Gasteiger partial charge >= 0.3 is 0 Å². The quantitative estimate of drug-likeness (QED) is 0.767. The fourth-order valence-corrected chi connectivity index (χ4v) is 5.51. The number of aryl methyl sites for hydroxylation is 1. The van der Waals surface area contributed by atoms with Crippen LogP contribution < -0.4 is 0 Å². The second kappa shape index (κ2) is 4.45. The van der Waals surface area contributed by atoms with Crippen molar-refractivity contribution < 1.29 is 14.6 Å². The van der Waals surface area contributed by atoms with Crippen LogP contribution in [0.3, 0.4) is 0 Å². The highest BCUT2D eigenvalue weighted by molar-refractivity contribution is 5.40. The molecule has 1 aromatic carbocycles. The molecule has 4 rings (SSSR count). The number of aliphatic hydroxyl groups excluding tert-OH is 1.